The summed E-state index contributed by atoms with van der Waals surface area (Å²) >= 11 is 1.83. The number of morpholine rings is 1. The number of likely N-dealkylation sites (tertiary alicyclic amines) is 1. The predicted molar refractivity (Wildman–Crippen MR) is 117 cm³/mol. The fourth-order valence-electron chi connectivity index (χ4n) is 4.39. The van der Waals surface area contributed by atoms with Gasteiger partial charge in [0.1, 0.15) is 0 Å². The van der Waals surface area contributed by atoms with Crippen molar-refractivity contribution >= 4 is 17.3 Å². The molecule has 3 unspecified atom stereocenters. The highest BCUT2D eigenvalue weighted by atomic mass is 32.1. The van der Waals surface area contributed by atoms with Crippen LogP contribution >= 0.6 is 11.3 Å². The van der Waals surface area contributed by atoms with Crippen LogP contribution in [0.4, 0.5) is 0 Å². The molecule has 2 saturated heterocycles. The maximum atomic E-state index is 5.57. The van der Waals surface area contributed by atoms with Crippen molar-refractivity contribution in [3.8, 4) is 0 Å². The van der Waals surface area contributed by atoms with Crippen LogP contribution in [0, 0.1) is 5.92 Å². The lowest BCUT2D eigenvalue weighted by Gasteiger charge is -2.40. The fraction of sp³-hybridized carbons (Fsp3) is 0.619. The van der Waals surface area contributed by atoms with Gasteiger partial charge in [0.15, 0.2) is 5.96 Å². The van der Waals surface area contributed by atoms with Crippen molar-refractivity contribution < 1.29 is 4.74 Å². The number of rotatable bonds is 5. The first-order valence-electron chi connectivity index (χ1n) is 10.5. The summed E-state index contributed by atoms with van der Waals surface area (Å²) in [6, 6.07) is 5.16. The van der Waals surface area contributed by atoms with Crippen LogP contribution < -0.4 is 5.32 Å². The first-order chi connectivity index (χ1) is 14.3. The highest BCUT2D eigenvalue weighted by Crippen LogP contribution is 2.28. The van der Waals surface area contributed by atoms with Crippen LogP contribution in [0.3, 0.4) is 0 Å². The van der Waals surface area contributed by atoms with E-state index in [4.69, 9.17) is 4.74 Å². The second-order valence-electron chi connectivity index (χ2n) is 7.90. The summed E-state index contributed by atoms with van der Waals surface area (Å²) in [4.78, 5) is 15.2. The van der Waals surface area contributed by atoms with E-state index in [1.165, 1.54) is 4.88 Å². The molecule has 1 N–H and O–H groups in total. The Morgan fingerprint density at radius 2 is 2.24 bits per heavy atom. The second kappa shape index (κ2) is 9.73. The molecular weight excluding hydrogens is 384 g/mol. The first kappa shape index (κ1) is 20.4. The number of hydrogen-bond acceptors (Lipinski definition) is 5. The summed E-state index contributed by atoms with van der Waals surface area (Å²) in [5, 5.41) is 5.85. The summed E-state index contributed by atoms with van der Waals surface area (Å²) in [5.41, 5.74) is 0. The van der Waals surface area contributed by atoms with Gasteiger partial charge in [0.25, 0.3) is 0 Å². The standard InChI is InChI=1S/C21H32N6OS/c1-17-5-7-26(15-19(17)27-8-6-23-16-27)21(22-2)24-14-18(20-4-3-13-29-20)25-9-11-28-12-10-25/h3-4,6,8,13,16-19H,5,7,9-12,14-15H2,1-2H3,(H,22,24). The van der Waals surface area contributed by atoms with Gasteiger partial charge < -0.3 is 19.5 Å². The number of aromatic nitrogens is 2. The smallest absolute Gasteiger partial charge is 0.193 e. The maximum absolute atomic E-state index is 5.57. The van der Waals surface area contributed by atoms with Crippen molar-refractivity contribution in [2.75, 3.05) is 53.0 Å². The third-order valence-electron chi connectivity index (χ3n) is 6.15. The third kappa shape index (κ3) is 4.82. The topological polar surface area (TPSA) is 57.9 Å². The normalized spacial score (nSPS) is 25.2. The van der Waals surface area contributed by atoms with E-state index in [1.807, 2.05) is 30.9 Å². The predicted octanol–water partition coefficient (Wildman–Crippen LogP) is 2.48. The molecule has 2 aliphatic rings. The van der Waals surface area contributed by atoms with Gasteiger partial charge in [-0.25, -0.2) is 4.98 Å². The first-order valence-corrected chi connectivity index (χ1v) is 11.4. The lowest BCUT2D eigenvalue weighted by atomic mass is 9.93. The molecule has 2 aromatic rings. The zero-order valence-electron chi connectivity index (χ0n) is 17.4. The molecule has 29 heavy (non-hydrogen) atoms. The zero-order valence-corrected chi connectivity index (χ0v) is 18.2. The summed E-state index contributed by atoms with van der Waals surface area (Å²) in [6.07, 6.45) is 7.03. The third-order valence-corrected chi connectivity index (χ3v) is 7.12. The molecule has 158 valence electrons. The van der Waals surface area contributed by atoms with Crippen molar-refractivity contribution in [3.63, 3.8) is 0 Å². The quantitative estimate of drug-likeness (QED) is 0.599. The fourth-order valence-corrected chi connectivity index (χ4v) is 5.26. The molecular formula is C21H32N6OS. The molecule has 8 heteroatoms. The van der Waals surface area contributed by atoms with Crippen LogP contribution in [-0.4, -0.2) is 78.3 Å². The molecule has 2 fully saturated rings. The monoisotopic (exact) mass is 416 g/mol. The van der Waals surface area contributed by atoms with Crippen molar-refractivity contribution in [2.45, 2.75) is 25.4 Å². The van der Waals surface area contributed by atoms with Crippen LogP contribution in [0.5, 0.6) is 0 Å². The molecule has 0 aromatic carbocycles. The van der Waals surface area contributed by atoms with Crippen LogP contribution in [0.1, 0.15) is 30.3 Å². The summed E-state index contributed by atoms with van der Waals surface area (Å²) < 4.78 is 7.81. The van der Waals surface area contributed by atoms with Gasteiger partial charge in [0, 0.05) is 57.0 Å². The van der Waals surface area contributed by atoms with Gasteiger partial charge >= 0.3 is 0 Å². The number of ether oxygens (including phenoxy) is 1. The highest BCUT2D eigenvalue weighted by molar-refractivity contribution is 7.10. The van der Waals surface area contributed by atoms with E-state index in [1.54, 1.807) is 0 Å². The number of thiophene rings is 1. The minimum Gasteiger partial charge on any atom is -0.379 e. The van der Waals surface area contributed by atoms with Crippen molar-refractivity contribution in [3.05, 3.63) is 41.1 Å². The summed E-state index contributed by atoms with van der Waals surface area (Å²) in [7, 11) is 1.89. The van der Waals surface area contributed by atoms with Gasteiger partial charge in [-0.3, -0.25) is 9.89 Å². The average Bonchev–Trinajstić information content (AvgIpc) is 3.47. The molecule has 0 aliphatic carbocycles. The van der Waals surface area contributed by atoms with E-state index in [0.717, 1.165) is 58.3 Å². The van der Waals surface area contributed by atoms with E-state index in [2.05, 4.69) is 60.3 Å². The Balaban J connectivity index is 1.42. The highest BCUT2D eigenvalue weighted by Gasteiger charge is 2.30. The molecule has 7 nitrogen and oxygen atoms in total. The summed E-state index contributed by atoms with van der Waals surface area (Å²) in [6.45, 7) is 8.77. The summed E-state index contributed by atoms with van der Waals surface area (Å²) in [5.74, 6) is 1.63. The van der Waals surface area contributed by atoms with Gasteiger partial charge in [-0.15, -0.1) is 11.3 Å². The minimum atomic E-state index is 0.351. The SMILES string of the molecule is CN=C(NCC(c1cccs1)N1CCOCC1)N1CCC(C)C(n2ccnc2)C1. The van der Waals surface area contributed by atoms with Crippen LogP contribution in [-0.2, 0) is 4.74 Å². The molecule has 0 radical (unpaired) electrons. The number of guanidine groups is 1. The van der Waals surface area contributed by atoms with E-state index in [9.17, 15) is 0 Å². The molecule has 3 atom stereocenters. The minimum absolute atomic E-state index is 0.351. The van der Waals surface area contributed by atoms with Gasteiger partial charge in [-0.1, -0.05) is 13.0 Å². The van der Waals surface area contributed by atoms with Gasteiger partial charge in [-0.05, 0) is 23.8 Å². The van der Waals surface area contributed by atoms with Gasteiger partial charge in [-0.2, -0.15) is 0 Å². The number of piperidine rings is 1. The van der Waals surface area contributed by atoms with Gasteiger partial charge in [0.2, 0.25) is 0 Å². The lowest BCUT2D eigenvalue weighted by molar-refractivity contribution is 0.0175. The molecule has 0 spiro atoms. The molecule has 4 heterocycles. The maximum Gasteiger partial charge on any atom is 0.193 e. The van der Waals surface area contributed by atoms with Crippen molar-refractivity contribution in [1.29, 1.82) is 0 Å². The lowest BCUT2D eigenvalue weighted by Crippen LogP contribution is -2.51. The number of imidazole rings is 1. The van der Waals surface area contributed by atoms with E-state index >= 15 is 0 Å². The molecule has 0 saturated carbocycles. The Morgan fingerprint density at radius 1 is 1.38 bits per heavy atom. The molecule has 4 rings (SSSR count). The van der Waals surface area contributed by atoms with E-state index in [-0.39, 0.29) is 0 Å². The van der Waals surface area contributed by atoms with E-state index in [0.29, 0.717) is 18.0 Å². The number of hydrogen-bond donors (Lipinski definition) is 1. The largest absolute Gasteiger partial charge is 0.379 e. The zero-order chi connectivity index (χ0) is 20.1. The van der Waals surface area contributed by atoms with Crippen LogP contribution in [0.2, 0.25) is 0 Å². The van der Waals surface area contributed by atoms with Crippen LogP contribution in [0.15, 0.2) is 41.2 Å². The number of nitrogens with one attached hydrogen (secondary N) is 1. The molecule has 0 amide bonds. The Morgan fingerprint density at radius 3 is 2.93 bits per heavy atom. The molecule has 2 aromatic heterocycles. The molecule has 2 aliphatic heterocycles. The van der Waals surface area contributed by atoms with Crippen LogP contribution in [0.25, 0.3) is 0 Å². The Labute approximate surface area is 177 Å². The Hall–Kier alpha value is -1.90. The van der Waals surface area contributed by atoms with Crippen molar-refractivity contribution in [1.82, 2.24) is 24.7 Å². The average molecular weight is 417 g/mol. The Bertz CT molecular complexity index is 756. The Kier molecular flexibility index (Phi) is 6.84. The number of aliphatic imine (C=N–C) groups is 1. The van der Waals surface area contributed by atoms with Gasteiger partial charge in [0.05, 0.1) is 31.6 Å². The number of nitrogens with zero attached hydrogens (tertiary/aromatic N) is 5. The molecule has 0 bridgehead atoms. The van der Waals surface area contributed by atoms with Crippen molar-refractivity contribution in [2.24, 2.45) is 10.9 Å². The second-order valence-corrected chi connectivity index (χ2v) is 8.88. The van der Waals surface area contributed by atoms with E-state index < -0.39 is 0 Å².